The van der Waals surface area contributed by atoms with Crippen LogP contribution in [0.2, 0.25) is 0 Å². The minimum Gasteiger partial charge on any atom is -1.00 e. The van der Waals surface area contributed by atoms with Gasteiger partial charge < -0.3 is 33.6 Å². The first-order chi connectivity index (χ1) is 10.8. The first-order valence-corrected chi connectivity index (χ1v) is 8.01. The van der Waals surface area contributed by atoms with Gasteiger partial charge in [0, 0.05) is 12.8 Å². The summed E-state index contributed by atoms with van der Waals surface area (Å²) in [5, 5.41) is 11.3. The largest absolute Gasteiger partial charge is 1.00 e. The van der Waals surface area contributed by atoms with Crippen LogP contribution in [-0.2, 0) is 10.4 Å². The molecule has 130 valence electrons. The molecule has 0 heterocycles. The molecule has 0 aromatic heterocycles. The molecule has 0 fully saturated rings. The Morgan fingerprint density at radius 1 is 0.917 bits per heavy atom. The smallest absolute Gasteiger partial charge is 0.173 e. The lowest BCUT2D eigenvalue weighted by Gasteiger charge is -2.29. The lowest BCUT2D eigenvalue weighted by molar-refractivity contribution is -0.870. The average molecular weight is 439 g/mol. The number of carbonyl (C=O) groups excluding carboxylic acids is 1. The van der Waals surface area contributed by atoms with Gasteiger partial charge in [0.25, 0.3) is 0 Å². The first-order valence-electron chi connectivity index (χ1n) is 8.01. The summed E-state index contributed by atoms with van der Waals surface area (Å²) in [5.74, 6) is -0.150. The molecule has 1 N–H and O–H groups in total. The van der Waals surface area contributed by atoms with Gasteiger partial charge in [-0.2, -0.15) is 0 Å². The van der Waals surface area contributed by atoms with Gasteiger partial charge in [-0.15, -0.1) is 0 Å². The Hall–Kier alpha value is -1.24. The molecule has 4 heteroatoms. The van der Waals surface area contributed by atoms with Crippen molar-refractivity contribution in [1.82, 2.24) is 0 Å². The SMILES string of the molecule is C[N+](C)(C)CCCC(=O)C(O)(c1ccccc1)c1ccccc1.[I-]. The zero-order chi connectivity index (χ0) is 16.9. The van der Waals surface area contributed by atoms with Crippen molar-refractivity contribution in [3.8, 4) is 0 Å². The molecule has 2 aromatic carbocycles. The number of rotatable bonds is 7. The van der Waals surface area contributed by atoms with E-state index in [0.717, 1.165) is 17.4 Å². The van der Waals surface area contributed by atoms with E-state index in [1.54, 1.807) is 0 Å². The van der Waals surface area contributed by atoms with E-state index in [1.165, 1.54) is 0 Å². The van der Waals surface area contributed by atoms with Crippen LogP contribution in [0.4, 0.5) is 0 Å². The van der Waals surface area contributed by atoms with Crippen molar-refractivity contribution in [2.24, 2.45) is 0 Å². The molecule has 0 amide bonds. The number of benzene rings is 2. The van der Waals surface area contributed by atoms with Crippen LogP contribution in [0.15, 0.2) is 60.7 Å². The number of quaternary nitrogens is 1. The highest BCUT2D eigenvalue weighted by molar-refractivity contribution is 5.91. The summed E-state index contributed by atoms with van der Waals surface area (Å²) in [4.78, 5) is 12.9. The molecule has 0 aliphatic rings. The van der Waals surface area contributed by atoms with E-state index in [4.69, 9.17) is 0 Å². The molecule has 0 bridgehead atoms. The Morgan fingerprint density at radius 3 is 1.71 bits per heavy atom. The van der Waals surface area contributed by atoms with Gasteiger partial charge in [-0.05, 0) is 11.1 Å². The molecule has 2 rings (SSSR count). The van der Waals surface area contributed by atoms with Gasteiger partial charge in [0.2, 0.25) is 0 Å². The van der Waals surface area contributed by atoms with Crippen LogP contribution in [0.3, 0.4) is 0 Å². The van der Waals surface area contributed by atoms with E-state index in [0.29, 0.717) is 17.5 Å². The van der Waals surface area contributed by atoms with Crippen molar-refractivity contribution in [2.45, 2.75) is 18.4 Å². The maximum Gasteiger partial charge on any atom is 0.173 e. The Kier molecular flexibility index (Phi) is 7.57. The van der Waals surface area contributed by atoms with Crippen LogP contribution in [0.25, 0.3) is 0 Å². The van der Waals surface area contributed by atoms with E-state index in [2.05, 4.69) is 21.1 Å². The second kappa shape index (κ2) is 8.74. The number of hydrogen-bond acceptors (Lipinski definition) is 2. The number of hydrogen-bond donors (Lipinski definition) is 1. The molecule has 0 unspecified atom stereocenters. The number of carbonyl (C=O) groups is 1. The predicted molar refractivity (Wildman–Crippen MR) is 93.0 cm³/mol. The minimum absolute atomic E-state index is 0. The Balaban J connectivity index is 0.00000288. The van der Waals surface area contributed by atoms with Crippen LogP contribution >= 0.6 is 0 Å². The second-order valence-corrected chi connectivity index (χ2v) is 6.98. The summed E-state index contributed by atoms with van der Waals surface area (Å²) in [6, 6.07) is 18.4. The lowest BCUT2D eigenvalue weighted by Crippen LogP contribution is -3.00. The molecule has 0 atom stereocenters. The summed E-state index contributed by atoms with van der Waals surface area (Å²) in [5.41, 5.74) is -0.323. The van der Waals surface area contributed by atoms with Gasteiger partial charge in [-0.3, -0.25) is 4.79 Å². The third-order valence-corrected chi connectivity index (χ3v) is 4.02. The molecular formula is C20H26INO2. The highest BCUT2D eigenvalue weighted by atomic mass is 127. The highest BCUT2D eigenvalue weighted by Crippen LogP contribution is 2.32. The highest BCUT2D eigenvalue weighted by Gasteiger charge is 2.38. The van der Waals surface area contributed by atoms with E-state index in [9.17, 15) is 9.90 Å². The third-order valence-electron chi connectivity index (χ3n) is 4.02. The summed E-state index contributed by atoms with van der Waals surface area (Å²) in [7, 11) is 6.31. The van der Waals surface area contributed by atoms with Crippen molar-refractivity contribution >= 4 is 5.78 Å². The van der Waals surface area contributed by atoms with E-state index >= 15 is 0 Å². The molecular weight excluding hydrogens is 413 g/mol. The molecule has 3 nitrogen and oxygen atoms in total. The van der Waals surface area contributed by atoms with E-state index < -0.39 is 5.60 Å². The number of aliphatic hydroxyl groups is 1. The van der Waals surface area contributed by atoms with Crippen LogP contribution in [0.5, 0.6) is 0 Å². The number of halogens is 1. The average Bonchev–Trinajstić information content (AvgIpc) is 2.54. The minimum atomic E-state index is -1.58. The fraction of sp³-hybridized carbons (Fsp3) is 0.350. The maximum atomic E-state index is 12.9. The van der Waals surface area contributed by atoms with Gasteiger partial charge in [-0.1, -0.05) is 60.7 Å². The van der Waals surface area contributed by atoms with E-state index in [1.807, 2.05) is 60.7 Å². The Morgan fingerprint density at radius 2 is 1.33 bits per heavy atom. The zero-order valence-electron chi connectivity index (χ0n) is 14.6. The Bertz CT molecular complexity index is 596. The number of Topliss-reactive ketones (excluding diaryl/α,β-unsaturated/α-hetero) is 1. The second-order valence-electron chi connectivity index (χ2n) is 6.98. The first kappa shape index (κ1) is 20.8. The van der Waals surface area contributed by atoms with Crippen molar-refractivity contribution in [3.05, 3.63) is 71.8 Å². The standard InChI is InChI=1S/C20H26NO2.HI/c1-21(2,3)16-10-15-19(22)20(23,17-11-6-4-7-12-17)18-13-8-5-9-14-18;/h4-9,11-14,23H,10,15-16H2,1-3H3;1H/q+1;/p-1. The van der Waals surface area contributed by atoms with Crippen LogP contribution < -0.4 is 24.0 Å². The van der Waals surface area contributed by atoms with Crippen molar-refractivity contribution in [3.63, 3.8) is 0 Å². The fourth-order valence-corrected chi connectivity index (χ4v) is 2.74. The van der Waals surface area contributed by atoms with Crippen molar-refractivity contribution in [2.75, 3.05) is 27.7 Å². The normalized spacial score (nSPS) is 11.7. The number of ketones is 1. The predicted octanol–water partition coefficient (Wildman–Crippen LogP) is -0.0180. The molecule has 0 saturated carbocycles. The van der Waals surface area contributed by atoms with Gasteiger partial charge >= 0.3 is 0 Å². The van der Waals surface area contributed by atoms with Gasteiger partial charge in [0.1, 0.15) is 0 Å². The van der Waals surface area contributed by atoms with Crippen molar-refractivity contribution in [1.29, 1.82) is 0 Å². The third kappa shape index (κ3) is 5.13. The quantitative estimate of drug-likeness (QED) is 0.487. The molecule has 0 radical (unpaired) electrons. The summed E-state index contributed by atoms with van der Waals surface area (Å²) >= 11 is 0. The van der Waals surface area contributed by atoms with Gasteiger partial charge in [0.05, 0.1) is 27.7 Å². The van der Waals surface area contributed by atoms with E-state index in [-0.39, 0.29) is 29.8 Å². The van der Waals surface area contributed by atoms with Crippen molar-refractivity contribution < 1.29 is 38.4 Å². The van der Waals surface area contributed by atoms with Gasteiger partial charge in [0.15, 0.2) is 11.4 Å². The Labute approximate surface area is 161 Å². The monoisotopic (exact) mass is 439 g/mol. The van der Waals surface area contributed by atoms with Crippen LogP contribution in [0, 0.1) is 0 Å². The molecule has 0 saturated heterocycles. The fourth-order valence-electron chi connectivity index (χ4n) is 2.74. The summed E-state index contributed by atoms with van der Waals surface area (Å²) < 4.78 is 0.808. The molecule has 2 aromatic rings. The van der Waals surface area contributed by atoms with Crippen LogP contribution in [0.1, 0.15) is 24.0 Å². The van der Waals surface area contributed by atoms with Crippen LogP contribution in [-0.4, -0.2) is 43.1 Å². The maximum absolute atomic E-state index is 12.9. The van der Waals surface area contributed by atoms with Gasteiger partial charge in [-0.25, -0.2) is 0 Å². The lowest BCUT2D eigenvalue weighted by atomic mass is 9.81. The topological polar surface area (TPSA) is 37.3 Å². The molecule has 0 aliphatic heterocycles. The summed E-state index contributed by atoms with van der Waals surface area (Å²) in [6.45, 7) is 0.894. The zero-order valence-corrected chi connectivity index (χ0v) is 16.7. The molecule has 0 aliphatic carbocycles. The summed E-state index contributed by atoms with van der Waals surface area (Å²) in [6.07, 6.45) is 1.11. The molecule has 24 heavy (non-hydrogen) atoms. The molecule has 0 spiro atoms. The number of nitrogens with zero attached hydrogens (tertiary/aromatic N) is 1.